The Hall–Kier alpha value is -2.17. The predicted octanol–water partition coefficient (Wildman–Crippen LogP) is 0.960. The van der Waals surface area contributed by atoms with Gasteiger partial charge >= 0.3 is 0 Å². The number of hydrogen-bond acceptors (Lipinski definition) is 6. The second kappa shape index (κ2) is 8.02. The molecule has 3 heterocycles. The van der Waals surface area contributed by atoms with Gasteiger partial charge in [-0.3, -0.25) is 4.79 Å². The summed E-state index contributed by atoms with van der Waals surface area (Å²) in [7, 11) is 3.84. The van der Waals surface area contributed by atoms with Gasteiger partial charge in [-0.05, 0) is 39.1 Å². The molecule has 0 radical (unpaired) electrons. The van der Waals surface area contributed by atoms with Gasteiger partial charge in [-0.25, -0.2) is 4.98 Å². The van der Waals surface area contributed by atoms with Gasteiger partial charge in [0.1, 0.15) is 17.6 Å². The molecule has 1 aromatic rings. The van der Waals surface area contributed by atoms with E-state index in [9.17, 15) is 4.79 Å². The third-order valence-electron chi connectivity index (χ3n) is 5.08. The summed E-state index contributed by atoms with van der Waals surface area (Å²) >= 11 is 0. The lowest BCUT2D eigenvalue weighted by Gasteiger charge is -2.44. The van der Waals surface area contributed by atoms with Gasteiger partial charge < -0.3 is 19.4 Å². The van der Waals surface area contributed by atoms with Crippen molar-refractivity contribution in [1.82, 2.24) is 14.8 Å². The number of nitrogens with zero attached hydrogens (tertiary/aromatic N) is 5. The van der Waals surface area contributed by atoms with Crippen molar-refractivity contribution in [3.8, 4) is 6.07 Å². The predicted molar refractivity (Wildman–Crippen MR) is 98.8 cm³/mol. The Bertz CT molecular complexity index is 687. The van der Waals surface area contributed by atoms with E-state index in [4.69, 9.17) is 10.00 Å². The first-order chi connectivity index (χ1) is 12.5. The summed E-state index contributed by atoms with van der Waals surface area (Å²) in [5.74, 6) is 0.986. The largest absolute Gasteiger partial charge is 0.379 e. The number of anilines is 1. The molecule has 0 N–H and O–H groups in total. The van der Waals surface area contributed by atoms with Gasteiger partial charge in [-0.1, -0.05) is 6.07 Å². The Labute approximate surface area is 155 Å². The molecule has 0 saturated carbocycles. The minimum Gasteiger partial charge on any atom is -0.379 e. The number of likely N-dealkylation sites (tertiary alicyclic amines) is 1. The highest BCUT2D eigenvalue weighted by Gasteiger charge is 2.40. The van der Waals surface area contributed by atoms with E-state index in [1.807, 2.05) is 36.0 Å². The van der Waals surface area contributed by atoms with Crippen LogP contribution in [-0.2, 0) is 9.53 Å². The molecule has 2 saturated heterocycles. The molecule has 3 rings (SSSR count). The van der Waals surface area contributed by atoms with E-state index in [0.29, 0.717) is 32.0 Å². The average Bonchev–Trinajstić information content (AvgIpc) is 2.84. The van der Waals surface area contributed by atoms with Gasteiger partial charge in [-0.15, -0.1) is 0 Å². The summed E-state index contributed by atoms with van der Waals surface area (Å²) in [5, 5.41) is 9.12. The van der Waals surface area contributed by atoms with E-state index >= 15 is 0 Å². The molecule has 2 aliphatic rings. The third-order valence-corrected chi connectivity index (χ3v) is 5.08. The Morgan fingerprint density at radius 1 is 1.38 bits per heavy atom. The molecule has 2 aliphatic heterocycles. The Kier molecular flexibility index (Phi) is 5.74. The first-order valence-electron chi connectivity index (χ1n) is 9.14. The molecule has 0 bridgehead atoms. The Morgan fingerprint density at radius 2 is 2.23 bits per heavy atom. The summed E-state index contributed by atoms with van der Waals surface area (Å²) in [6.07, 6.45) is 2.02. The van der Waals surface area contributed by atoms with Gasteiger partial charge in [0.15, 0.2) is 0 Å². The van der Waals surface area contributed by atoms with E-state index in [2.05, 4.69) is 16.0 Å². The van der Waals surface area contributed by atoms with Crippen molar-refractivity contribution in [3.05, 3.63) is 23.9 Å². The van der Waals surface area contributed by atoms with E-state index in [1.165, 1.54) is 0 Å². The monoisotopic (exact) mass is 357 g/mol. The fraction of sp³-hybridized carbons (Fsp3) is 0.632. The minimum atomic E-state index is -0.0823. The fourth-order valence-electron chi connectivity index (χ4n) is 3.89. The van der Waals surface area contributed by atoms with Gasteiger partial charge in [0.25, 0.3) is 0 Å². The zero-order chi connectivity index (χ0) is 18.6. The Balaban J connectivity index is 1.77. The van der Waals surface area contributed by atoms with E-state index in [-0.39, 0.29) is 11.3 Å². The number of likely N-dealkylation sites (N-methyl/N-ethyl adjacent to an activating group) is 1. The number of aromatic nitrogens is 1. The molecule has 1 unspecified atom stereocenters. The maximum absolute atomic E-state index is 12.5. The van der Waals surface area contributed by atoms with Crippen molar-refractivity contribution >= 4 is 11.7 Å². The van der Waals surface area contributed by atoms with Crippen molar-refractivity contribution in [3.63, 3.8) is 0 Å². The number of carbonyl (C=O) groups is 1. The number of pyridine rings is 1. The molecule has 1 aromatic heterocycles. The zero-order valence-electron chi connectivity index (χ0n) is 15.6. The summed E-state index contributed by atoms with van der Waals surface area (Å²) in [4.78, 5) is 23.1. The fourth-order valence-corrected chi connectivity index (χ4v) is 3.89. The van der Waals surface area contributed by atoms with Crippen LogP contribution in [0.1, 0.15) is 18.5 Å². The molecule has 1 spiro atoms. The number of piperidine rings is 1. The number of nitriles is 1. The lowest BCUT2D eigenvalue weighted by Crippen LogP contribution is -2.53. The zero-order valence-corrected chi connectivity index (χ0v) is 15.6. The van der Waals surface area contributed by atoms with Crippen molar-refractivity contribution in [2.24, 2.45) is 5.41 Å². The first-order valence-corrected chi connectivity index (χ1v) is 9.14. The smallest absolute Gasteiger partial charge is 0.236 e. The topological polar surface area (TPSA) is 72.7 Å². The van der Waals surface area contributed by atoms with Crippen LogP contribution in [0.4, 0.5) is 5.82 Å². The highest BCUT2D eigenvalue weighted by Crippen LogP contribution is 2.34. The molecule has 26 heavy (non-hydrogen) atoms. The highest BCUT2D eigenvalue weighted by molar-refractivity contribution is 5.78. The molecule has 1 atom stereocenters. The molecule has 0 aromatic carbocycles. The third kappa shape index (κ3) is 4.32. The number of hydrogen-bond donors (Lipinski definition) is 0. The van der Waals surface area contributed by atoms with Crippen LogP contribution in [0.2, 0.25) is 0 Å². The Morgan fingerprint density at radius 3 is 3.00 bits per heavy atom. The molecular formula is C19H27N5O2. The second-order valence-electron chi connectivity index (χ2n) is 7.62. The van der Waals surface area contributed by atoms with Crippen LogP contribution in [0.3, 0.4) is 0 Å². The maximum atomic E-state index is 12.5. The normalized spacial score (nSPS) is 23.8. The second-order valence-corrected chi connectivity index (χ2v) is 7.62. The van der Waals surface area contributed by atoms with Gasteiger partial charge in [0.2, 0.25) is 5.91 Å². The number of carbonyl (C=O) groups excluding carboxylic acids is 1. The molecule has 0 aliphatic carbocycles. The van der Waals surface area contributed by atoms with E-state index in [1.54, 1.807) is 6.07 Å². The first kappa shape index (κ1) is 18.6. The summed E-state index contributed by atoms with van der Waals surface area (Å²) in [5.41, 5.74) is 0.342. The number of amides is 1. The summed E-state index contributed by atoms with van der Waals surface area (Å²) in [6, 6.07) is 7.64. The minimum absolute atomic E-state index is 0.0823. The van der Waals surface area contributed by atoms with Gasteiger partial charge in [0.05, 0.1) is 19.8 Å². The van der Waals surface area contributed by atoms with Crippen molar-refractivity contribution in [2.75, 3.05) is 64.9 Å². The van der Waals surface area contributed by atoms with Crippen LogP contribution in [0.5, 0.6) is 0 Å². The molecule has 1 amide bonds. The van der Waals surface area contributed by atoms with Crippen LogP contribution >= 0.6 is 0 Å². The van der Waals surface area contributed by atoms with Crippen LogP contribution in [0.15, 0.2) is 18.2 Å². The van der Waals surface area contributed by atoms with Crippen LogP contribution in [-0.4, -0.2) is 80.7 Å². The molecule has 2 fully saturated rings. The average molecular weight is 357 g/mol. The quantitative estimate of drug-likeness (QED) is 0.802. The summed E-state index contributed by atoms with van der Waals surface area (Å²) < 4.78 is 5.92. The van der Waals surface area contributed by atoms with Crippen LogP contribution in [0.25, 0.3) is 0 Å². The lowest BCUT2D eigenvalue weighted by atomic mass is 9.80. The van der Waals surface area contributed by atoms with Crippen LogP contribution in [0, 0.1) is 16.7 Å². The van der Waals surface area contributed by atoms with Crippen molar-refractivity contribution in [2.45, 2.75) is 12.8 Å². The molecule has 140 valence electrons. The van der Waals surface area contributed by atoms with E-state index in [0.717, 1.165) is 38.3 Å². The van der Waals surface area contributed by atoms with Gasteiger partial charge in [-0.2, -0.15) is 5.26 Å². The standard InChI is InChI=1S/C19H27N5O2/c1-22(2)12-18(25)24-8-4-7-19(14-24)13-23(9-10-26-15-19)17-6-3-5-16(11-20)21-17/h3,5-6H,4,7-10,12-15H2,1-2H3. The lowest BCUT2D eigenvalue weighted by molar-refractivity contribution is -0.136. The van der Waals surface area contributed by atoms with Crippen LogP contribution < -0.4 is 4.90 Å². The van der Waals surface area contributed by atoms with Gasteiger partial charge in [0, 0.05) is 31.6 Å². The number of ether oxygens (including phenoxy) is 1. The molecule has 7 nitrogen and oxygen atoms in total. The molecular weight excluding hydrogens is 330 g/mol. The van der Waals surface area contributed by atoms with E-state index < -0.39 is 0 Å². The SMILES string of the molecule is CN(C)CC(=O)N1CCCC2(COCCN(c3cccc(C#N)n3)C2)C1. The number of rotatable bonds is 3. The molecule has 7 heteroatoms. The van der Waals surface area contributed by atoms with Crippen molar-refractivity contribution < 1.29 is 9.53 Å². The summed E-state index contributed by atoms with van der Waals surface area (Å²) in [6.45, 7) is 4.80. The highest BCUT2D eigenvalue weighted by atomic mass is 16.5. The van der Waals surface area contributed by atoms with Crippen molar-refractivity contribution in [1.29, 1.82) is 5.26 Å². The maximum Gasteiger partial charge on any atom is 0.236 e.